The Kier molecular flexibility index (Phi) is 5.48. The van der Waals surface area contributed by atoms with Crippen LogP contribution in [0.4, 0.5) is 5.69 Å². The Morgan fingerprint density at radius 1 is 1.33 bits per heavy atom. The first-order valence-corrected chi connectivity index (χ1v) is 9.47. The minimum Gasteiger partial charge on any atom is -0.340 e. The summed E-state index contributed by atoms with van der Waals surface area (Å²) in [5, 5.41) is 10.8. The molecule has 8 heteroatoms. The molecule has 1 saturated heterocycles. The summed E-state index contributed by atoms with van der Waals surface area (Å²) >= 11 is 0. The van der Waals surface area contributed by atoms with Gasteiger partial charge in [0.1, 0.15) is 0 Å². The maximum Gasteiger partial charge on any atom is 0.266 e. The molecule has 132 valence electrons. The fourth-order valence-electron chi connectivity index (χ4n) is 2.75. The molecule has 2 rings (SSSR count). The Morgan fingerprint density at radius 3 is 2.50 bits per heavy atom. The molecule has 1 atom stereocenters. The Labute approximate surface area is 143 Å². The molecule has 0 spiro atoms. The third-order valence-electron chi connectivity index (χ3n) is 3.91. The molecule has 1 unspecified atom stereocenters. The normalized spacial score (nSPS) is 18.1. The number of sulfonamides is 1. The van der Waals surface area contributed by atoms with Gasteiger partial charge in [-0.15, -0.1) is 0 Å². The second kappa shape index (κ2) is 7.21. The van der Waals surface area contributed by atoms with Crippen molar-refractivity contribution in [3.8, 4) is 0 Å². The second-order valence-electron chi connectivity index (χ2n) is 5.98. The van der Waals surface area contributed by atoms with E-state index in [0.717, 1.165) is 12.8 Å². The molecule has 1 aromatic carbocycles. The van der Waals surface area contributed by atoms with E-state index in [9.17, 15) is 13.2 Å². The molecular formula is C16H24N4O3S. The first kappa shape index (κ1) is 18.3. The van der Waals surface area contributed by atoms with Gasteiger partial charge in [0.15, 0.2) is 0 Å². The van der Waals surface area contributed by atoms with Crippen molar-refractivity contribution in [3.05, 3.63) is 24.3 Å². The molecule has 0 saturated carbocycles. The van der Waals surface area contributed by atoms with Gasteiger partial charge in [0.05, 0.1) is 10.9 Å². The summed E-state index contributed by atoms with van der Waals surface area (Å²) in [6.07, 6.45) is 1.92. The van der Waals surface area contributed by atoms with E-state index in [0.29, 0.717) is 18.8 Å². The van der Waals surface area contributed by atoms with Crippen molar-refractivity contribution < 1.29 is 13.2 Å². The Balaban J connectivity index is 2.23. The zero-order valence-corrected chi connectivity index (χ0v) is 15.1. The van der Waals surface area contributed by atoms with Crippen LogP contribution < -0.4 is 5.32 Å². The number of guanidine groups is 1. The highest BCUT2D eigenvalue weighted by Gasteiger charge is 2.40. The van der Waals surface area contributed by atoms with Gasteiger partial charge in [-0.05, 0) is 37.6 Å². The van der Waals surface area contributed by atoms with E-state index >= 15 is 0 Å². The molecule has 1 aromatic rings. The first-order chi connectivity index (χ1) is 11.3. The van der Waals surface area contributed by atoms with Crippen molar-refractivity contribution >= 4 is 27.6 Å². The molecule has 1 amide bonds. The molecule has 1 aliphatic heterocycles. The van der Waals surface area contributed by atoms with Crippen LogP contribution in [0.2, 0.25) is 0 Å². The summed E-state index contributed by atoms with van der Waals surface area (Å²) in [6, 6.07) is 5.72. The highest BCUT2D eigenvalue weighted by atomic mass is 32.2. The number of carbonyl (C=O) groups excluding carboxylic acids is 1. The molecule has 1 heterocycles. The Hall–Kier alpha value is -2.09. The average molecular weight is 352 g/mol. The summed E-state index contributed by atoms with van der Waals surface area (Å²) in [5.41, 5.74) is 0.538. The maximum atomic E-state index is 12.9. The predicted molar refractivity (Wildman–Crippen MR) is 93.4 cm³/mol. The molecule has 2 N–H and O–H groups in total. The van der Waals surface area contributed by atoms with Crippen molar-refractivity contribution in [2.24, 2.45) is 0 Å². The topological polar surface area (TPSA) is 93.6 Å². The monoisotopic (exact) mass is 352 g/mol. The van der Waals surface area contributed by atoms with Crippen LogP contribution >= 0.6 is 0 Å². The highest BCUT2D eigenvalue weighted by Crippen LogP contribution is 2.26. The van der Waals surface area contributed by atoms with Crippen LogP contribution in [0.15, 0.2) is 29.2 Å². The summed E-state index contributed by atoms with van der Waals surface area (Å²) < 4.78 is 26.9. The number of amides is 1. The lowest BCUT2D eigenvalue weighted by Gasteiger charge is -2.23. The van der Waals surface area contributed by atoms with Crippen molar-refractivity contribution in [2.75, 3.05) is 18.4 Å². The first-order valence-electron chi connectivity index (χ1n) is 8.03. The van der Waals surface area contributed by atoms with E-state index in [1.807, 2.05) is 6.92 Å². The van der Waals surface area contributed by atoms with E-state index in [-0.39, 0.29) is 22.8 Å². The largest absolute Gasteiger partial charge is 0.340 e. The summed E-state index contributed by atoms with van der Waals surface area (Å²) in [6.45, 7) is 6.48. The molecular weight excluding hydrogens is 328 g/mol. The Morgan fingerprint density at radius 2 is 1.96 bits per heavy atom. The number of benzene rings is 1. The fourth-order valence-corrected chi connectivity index (χ4v) is 4.34. The standard InChI is InChI=1S/C16H24N4O3S/c1-4-5-10-19-11-12(2)20(16(19)17)24(22,23)15-8-6-14(7-9-15)18-13(3)21/h6-9,12,17H,4-5,10-11H2,1-3H3,(H,18,21). The van der Waals surface area contributed by atoms with Crippen LogP contribution in [-0.4, -0.2) is 48.6 Å². The molecule has 24 heavy (non-hydrogen) atoms. The number of hydrogen-bond donors (Lipinski definition) is 2. The molecule has 1 fully saturated rings. The van der Waals surface area contributed by atoms with Gasteiger partial charge in [-0.1, -0.05) is 13.3 Å². The molecule has 0 bridgehead atoms. The number of nitrogens with one attached hydrogen (secondary N) is 2. The lowest BCUT2D eigenvalue weighted by molar-refractivity contribution is -0.114. The molecule has 1 aliphatic rings. The van der Waals surface area contributed by atoms with Crippen LogP contribution in [0.25, 0.3) is 0 Å². The molecule has 7 nitrogen and oxygen atoms in total. The van der Waals surface area contributed by atoms with Gasteiger partial charge in [-0.25, -0.2) is 12.7 Å². The highest BCUT2D eigenvalue weighted by molar-refractivity contribution is 7.89. The van der Waals surface area contributed by atoms with Crippen LogP contribution in [0, 0.1) is 5.41 Å². The second-order valence-corrected chi connectivity index (χ2v) is 7.79. The van der Waals surface area contributed by atoms with Crippen LogP contribution in [-0.2, 0) is 14.8 Å². The van der Waals surface area contributed by atoms with E-state index in [1.165, 1.54) is 23.4 Å². The fraction of sp³-hybridized carbons (Fsp3) is 0.500. The molecule has 0 aliphatic carbocycles. The lowest BCUT2D eigenvalue weighted by atomic mass is 10.3. The van der Waals surface area contributed by atoms with Gasteiger partial charge in [-0.3, -0.25) is 10.2 Å². The van der Waals surface area contributed by atoms with E-state index in [1.54, 1.807) is 17.0 Å². The van der Waals surface area contributed by atoms with Gasteiger partial charge in [-0.2, -0.15) is 0 Å². The number of carbonyl (C=O) groups is 1. The smallest absolute Gasteiger partial charge is 0.266 e. The Bertz CT molecular complexity index is 715. The van der Waals surface area contributed by atoms with E-state index in [2.05, 4.69) is 12.2 Å². The van der Waals surface area contributed by atoms with E-state index < -0.39 is 10.0 Å². The minimum atomic E-state index is -3.79. The van der Waals surface area contributed by atoms with Crippen molar-refractivity contribution in [1.29, 1.82) is 5.41 Å². The van der Waals surface area contributed by atoms with E-state index in [4.69, 9.17) is 5.41 Å². The van der Waals surface area contributed by atoms with Crippen molar-refractivity contribution in [2.45, 2.75) is 44.6 Å². The number of anilines is 1. The zero-order chi connectivity index (χ0) is 17.9. The third kappa shape index (κ3) is 3.69. The quantitative estimate of drug-likeness (QED) is 0.819. The zero-order valence-electron chi connectivity index (χ0n) is 14.2. The number of rotatable bonds is 6. The minimum absolute atomic E-state index is 0.0295. The van der Waals surface area contributed by atoms with Crippen molar-refractivity contribution in [3.63, 3.8) is 0 Å². The number of unbranched alkanes of at least 4 members (excludes halogenated alkanes) is 1. The summed E-state index contributed by atoms with van der Waals surface area (Å²) in [7, 11) is -3.79. The lowest BCUT2D eigenvalue weighted by Crippen LogP contribution is -2.39. The average Bonchev–Trinajstić information content (AvgIpc) is 2.79. The van der Waals surface area contributed by atoms with Crippen LogP contribution in [0.5, 0.6) is 0 Å². The summed E-state index contributed by atoms with van der Waals surface area (Å²) in [5.74, 6) is -0.186. The molecule has 0 radical (unpaired) electrons. The third-order valence-corrected chi connectivity index (χ3v) is 5.82. The van der Waals surface area contributed by atoms with Gasteiger partial charge < -0.3 is 10.2 Å². The van der Waals surface area contributed by atoms with Gasteiger partial charge in [0.2, 0.25) is 11.9 Å². The van der Waals surface area contributed by atoms with Crippen LogP contribution in [0.3, 0.4) is 0 Å². The van der Waals surface area contributed by atoms with Gasteiger partial charge in [0.25, 0.3) is 10.0 Å². The predicted octanol–water partition coefficient (Wildman–Crippen LogP) is 2.07. The molecule has 0 aromatic heterocycles. The SMILES string of the molecule is CCCCN1CC(C)N(S(=O)(=O)c2ccc(NC(C)=O)cc2)C1=N. The van der Waals surface area contributed by atoms with Crippen LogP contribution in [0.1, 0.15) is 33.6 Å². The van der Waals surface area contributed by atoms with Gasteiger partial charge in [0, 0.05) is 25.7 Å². The number of hydrogen-bond acceptors (Lipinski definition) is 4. The number of nitrogens with zero attached hydrogens (tertiary/aromatic N) is 2. The van der Waals surface area contributed by atoms with Crippen molar-refractivity contribution in [1.82, 2.24) is 9.21 Å². The summed E-state index contributed by atoms with van der Waals surface area (Å²) in [4.78, 5) is 13.0. The van der Waals surface area contributed by atoms with Gasteiger partial charge >= 0.3 is 0 Å². The maximum absolute atomic E-state index is 12.9.